The molecule has 0 radical (unpaired) electrons. The van der Waals surface area contributed by atoms with Crippen LogP contribution >= 0.6 is 11.8 Å². The molecule has 0 amide bonds. The summed E-state index contributed by atoms with van der Waals surface area (Å²) in [5.74, 6) is -0.789. The summed E-state index contributed by atoms with van der Waals surface area (Å²) in [6, 6.07) is 2.27. The van der Waals surface area contributed by atoms with Crippen molar-refractivity contribution in [2.75, 3.05) is 19.5 Å². The van der Waals surface area contributed by atoms with Crippen molar-refractivity contribution < 1.29 is 18.6 Å². The summed E-state index contributed by atoms with van der Waals surface area (Å²) in [7, 11) is 1.53. The van der Waals surface area contributed by atoms with Gasteiger partial charge in [0.15, 0.2) is 0 Å². The van der Waals surface area contributed by atoms with Crippen molar-refractivity contribution in [2.45, 2.75) is 11.5 Å². The third kappa shape index (κ3) is 3.44. The second kappa shape index (κ2) is 6.05. The monoisotopic (exact) mass is 234 g/mol. The van der Waals surface area contributed by atoms with Crippen molar-refractivity contribution in [2.24, 2.45) is 0 Å². The lowest BCUT2D eigenvalue weighted by molar-refractivity contribution is 0.218. The lowest BCUT2D eigenvalue weighted by Crippen LogP contribution is -1.96. The molecule has 1 aromatic carbocycles. The van der Waals surface area contributed by atoms with E-state index in [2.05, 4.69) is 0 Å². The van der Waals surface area contributed by atoms with Gasteiger partial charge in [-0.15, -0.1) is 11.8 Å². The number of hydrogen-bond donors (Lipinski definition) is 1. The molecule has 84 valence electrons. The van der Waals surface area contributed by atoms with Crippen molar-refractivity contribution in [1.82, 2.24) is 0 Å². The van der Waals surface area contributed by atoms with Gasteiger partial charge < -0.3 is 9.84 Å². The van der Waals surface area contributed by atoms with E-state index in [1.54, 1.807) is 0 Å². The maximum atomic E-state index is 13.3. The first-order valence-corrected chi connectivity index (χ1v) is 5.38. The van der Waals surface area contributed by atoms with E-state index in [4.69, 9.17) is 9.84 Å². The zero-order valence-electron chi connectivity index (χ0n) is 8.30. The molecule has 0 saturated heterocycles. The normalized spacial score (nSPS) is 10.7. The van der Waals surface area contributed by atoms with Crippen LogP contribution in [0, 0.1) is 11.6 Å². The van der Waals surface area contributed by atoms with Crippen molar-refractivity contribution in [1.29, 1.82) is 0 Å². The molecule has 0 aliphatic rings. The van der Waals surface area contributed by atoms with Gasteiger partial charge >= 0.3 is 0 Å². The Labute approximate surface area is 91.3 Å². The summed E-state index contributed by atoms with van der Waals surface area (Å²) in [5, 5.41) is 8.73. The van der Waals surface area contributed by atoms with Gasteiger partial charge in [-0.05, 0) is 17.7 Å². The second-order valence-electron chi connectivity index (χ2n) is 2.89. The van der Waals surface area contributed by atoms with Crippen LogP contribution in [0.4, 0.5) is 8.78 Å². The fourth-order valence-electron chi connectivity index (χ4n) is 1.07. The van der Waals surface area contributed by atoms with Crippen molar-refractivity contribution in [3.63, 3.8) is 0 Å². The Kier molecular flexibility index (Phi) is 5.01. The average molecular weight is 234 g/mol. The van der Waals surface area contributed by atoms with Crippen LogP contribution in [0.5, 0.6) is 0 Å². The molecular weight excluding hydrogens is 222 g/mol. The number of thioether (sulfide) groups is 1. The van der Waals surface area contributed by atoms with Gasteiger partial charge in [0.2, 0.25) is 0 Å². The summed E-state index contributed by atoms with van der Waals surface area (Å²) in [6.07, 6.45) is 0. The van der Waals surface area contributed by atoms with E-state index < -0.39 is 11.6 Å². The third-order valence-electron chi connectivity index (χ3n) is 1.77. The van der Waals surface area contributed by atoms with E-state index in [0.717, 1.165) is 23.9 Å². The van der Waals surface area contributed by atoms with Crippen LogP contribution < -0.4 is 0 Å². The van der Waals surface area contributed by atoms with Crippen LogP contribution in [0.3, 0.4) is 0 Å². The quantitative estimate of drug-likeness (QED) is 0.625. The standard InChI is InChI=1S/C10H12F2O2S/c1-14-2-3-15-10-8(11)4-7(6-13)5-9(10)12/h4-5,13H,2-3,6H2,1H3. The predicted octanol–water partition coefficient (Wildman–Crippen LogP) is 2.20. The highest BCUT2D eigenvalue weighted by Gasteiger charge is 2.11. The number of aliphatic hydroxyl groups is 1. The van der Waals surface area contributed by atoms with Gasteiger partial charge in [-0.25, -0.2) is 8.78 Å². The minimum atomic E-state index is -0.639. The molecule has 0 saturated carbocycles. The molecule has 0 unspecified atom stereocenters. The number of aliphatic hydroxyl groups excluding tert-OH is 1. The zero-order chi connectivity index (χ0) is 11.3. The Hall–Kier alpha value is -0.650. The van der Waals surface area contributed by atoms with E-state index in [0.29, 0.717) is 12.4 Å². The Morgan fingerprint density at radius 3 is 2.40 bits per heavy atom. The third-order valence-corrected chi connectivity index (χ3v) is 2.82. The number of hydrogen-bond acceptors (Lipinski definition) is 3. The second-order valence-corrected chi connectivity index (χ2v) is 3.99. The number of ether oxygens (including phenoxy) is 1. The van der Waals surface area contributed by atoms with Crippen LogP contribution in [0.25, 0.3) is 0 Å². The van der Waals surface area contributed by atoms with Gasteiger partial charge in [-0.1, -0.05) is 0 Å². The molecule has 1 N–H and O–H groups in total. The molecule has 2 nitrogen and oxygen atoms in total. The maximum Gasteiger partial charge on any atom is 0.140 e. The molecule has 1 aromatic rings. The lowest BCUT2D eigenvalue weighted by atomic mass is 10.2. The molecule has 5 heteroatoms. The first-order chi connectivity index (χ1) is 7.19. The summed E-state index contributed by atoms with van der Waals surface area (Å²) >= 11 is 1.06. The van der Waals surface area contributed by atoms with E-state index >= 15 is 0 Å². The first-order valence-electron chi connectivity index (χ1n) is 4.39. The van der Waals surface area contributed by atoms with E-state index in [-0.39, 0.29) is 17.1 Å². The molecule has 0 heterocycles. The number of rotatable bonds is 5. The van der Waals surface area contributed by atoms with Crippen LogP contribution in [0.2, 0.25) is 0 Å². The minimum Gasteiger partial charge on any atom is -0.392 e. The maximum absolute atomic E-state index is 13.3. The molecule has 0 spiro atoms. The van der Waals surface area contributed by atoms with E-state index in [1.165, 1.54) is 7.11 Å². The molecule has 0 aromatic heterocycles. The Balaban J connectivity index is 2.79. The summed E-state index contributed by atoms with van der Waals surface area (Å²) < 4.78 is 31.4. The van der Waals surface area contributed by atoms with Crippen LogP contribution in [-0.4, -0.2) is 24.6 Å². The van der Waals surface area contributed by atoms with Gasteiger partial charge in [0, 0.05) is 12.9 Å². The van der Waals surface area contributed by atoms with Crippen LogP contribution in [0.1, 0.15) is 5.56 Å². The van der Waals surface area contributed by atoms with Crippen LogP contribution in [-0.2, 0) is 11.3 Å². The fraction of sp³-hybridized carbons (Fsp3) is 0.400. The molecule has 0 fully saturated rings. The molecule has 0 aliphatic heterocycles. The predicted molar refractivity (Wildman–Crippen MR) is 54.9 cm³/mol. The summed E-state index contributed by atoms with van der Waals surface area (Å²) in [6.45, 7) is 0.0716. The number of halogens is 2. The Bertz CT molecular complexity index is 308. The van der Waals surface area contributed by atoms with E-state index in [9.17, 15) is 8.78 Å². The van der Waals surface area contributed by atoms with Gasteiger partial charge in [-0.2, -0.15) is 0 Å². The molecule has 0 aliphatic carbocycles. The van der Waals surface area contributed by atoms with Crippen LogP contribution in [0.15, 0.2) is 17.0 Å². The fourth-order valence-corrected chi connectivity index (χ4v) is 1.92. The van der Waals surface area contributed by atoms with Crippen molar-refractivity contribution >= 4 is 11.8 Å². The highest BCUT2D eigenvalue weighted by Crippen LogP contribution is 2.26. The number of benzene rings is 1. The van der Waals surface area contributed by atoms with Gasteiger partial charge in [0.05, 0.1) is 18.1 Å². The SMILES string of the molecule is COCCSc1c(F)cc(CO)cc1F. The molecule has 1 rings (SSSR count). The van der Waals surface area contributed by atoms with Crippen molar-refractivity contribution in [3.05, 3.63) is 29.3 Å². The highest BCUT2D eigenvalue weighted by molar-refractivity contribution is 7.99. The van der Waals surface area contributed by atoms with E-state index in [1.807, 2.05) is 0 Å². The smallest absolute Gasteiger partial charge is 0.140 e. The summed E-state index contributed by atoms with van der Waals surface area (Å²) in [5.41, 5.74) is 0.237. The minimum absolute atomic E-state index is 0.0238. The topological polar surface area (TPSA) is 29.5 Å². The molecule has 15 heavy (non-hydrogen) atoms. The largest absolute Gasteiger partial charge is 0.392 e. The van der Waals surface area contributed by atoms with Crippen molar-refractivity contribution in [3.8, 4) is 0 Å². The first kappa shape index (κ1) is 12.4. The van der Waals surface area contributed by atoms with Gasteiger partial charge in [0.1, 0.15) is 11.6 Å². The van der Waals surface area contributed by atoms with Gasteiger partial charge in [-0.3, -0.25) is 0 Å². The molecule has 0 atom stereocenters. The zero-order valence-corrected chi connectivity index (χ0v) is 9.11. The Morgan fingerprint density at radius 2 is 1.93 bits per heavy atom. The number of methoxy groups -OCH3 is 1. The lowest BCUT2D eigenvalue weighted by Gasteiger charge is -2.06. The van der Waals surface area contributed by atoms with Gasteiger partial charge in [0.25, 0.3) is 0 Å². The summed E-state index contributed by atoms with van der Waals surface area (Å²) in [4.78, 5) is -0.0238. The average Bonchev–Trinajstić information content (AvgIpc) is 2.22. The highest BCUT2D eigenvalue weighted by atomic mass is 32.2. The molecular formula is C10H12F2O2S. The molecule has 0 bridgehead atoms. The Morgan fingerprint density at radius 1 is 1.33 bits per heavy atom.